The maximum absolute atomic E-state index is 13.0. The molecule has 2 N–H and O–H groups in total. The monoisotopic (exact) mass is 615 g/mol. The molecule has 11 heteroatoms. The first kappa shape index (κ1) is 30.2. The van der Waals surface area contributed by atoms with Gasteiger partial charge in [0.15, 0.2) is 18.1 Å². The Hall–Kier alpha value is -4.30. The van der Waals surface area contributed by atoms with Gasteiger partial charge < -0.3 is 20.1 Å². The van der Waals surface area contributed by atoms with Crippen molar-refractivity contribution in [3.05, 3.63) is 86.9 Å². The fourth-order valence-electron chi connectivity index (χ4n) is 3.52. The van der Waals surface area contributed by atoms with Gasteiger partial charge in [0.1, 0.15) is 11.6 Å². The number of hydrogen-bond acceptors (Lipinski definition) is 5. The first-order chi connectivity index (χ1) is 18.9. The summed E-state index contributed by atoms with van der Waals surface area (Å²) in [6.45, 7) is 5.60. The summed E-state index contributed by atoms with van der Waals surface area (Å²) in [6, 6.07) is 14.5. The molecule has 208 valence electrons. The molecule has 0 aliphatic rings. The highest BCUT2D eigenvalue weighted by Gasteiger charge is 2.30. The van der Waals surface area contributed by atoms with Gasteiger partial charge in [0.25, 0.3) is 11.8 Å². The van der Waals surface area contributed by atoms with Crippen molar-refractivity contribution in [2.24, 2.45) is 0 Å². The van der Waals surface area contributed by atoms with E-state index in [1.165, 1.54) is 18.2 Å². The number of benzene rings is 3. The van der Waals surface area contributed by atoms with Crippen molar-refractivity contribution in [3.63, 3.8) is 0 Å². The van der Waals surface area contributed by atoms with Crippen LogP contribution in [0, 0.1) is 25.2 Å². The van der Waals surface area contributed by atoms with Gasteiger partial charge in [-0.05, 0) is 102 Å². The lowest BCUT2D eigenvalue weighted by atomic mass is 10.1. The molecule has 3 aromatic carbocycles. The molecule has 0 aromatic heterocycles. The second kappa shape index (κ2) is 13.2. The van der Waals surface area contributed by atoms with Gasteiger partial charge >= 0.3 is 6.18 Å². The van der Waals surface area contributed by atoms with Crippen LogP contribution in [0.15, 0.2) is 64.6 Å². The molecule has 0 aliphatic heterocycles. The molecular weight excluding hydrogens is 591 g/mol. The number of carbonyl (C=O) groups is 2. The zero-order chi connectivity index (χ0) is 29.4. The highest BCUT2D eigenvalue weighted by molar-refractivity contribution is 9.10. The van der Waals surface area contributed by atoms with Crippen LogP contribution < -0.4 is 20.1 Å². The first-order valence-corrected chi connectivity index (χ1v) is 12.8. The fraction of sp³-hybridized carbons (Fsp3) is 0.207. The van der Waals surface area contributed by atoms with E-state index in [-0.39, 0.29) is 41.9 Å². The lowest BCUT2D eigenvalue weighted by Crippen LogP contribution is -2.20. The largest absolute Gasteiger partial charge is 0.490 e. The summed E-state index contributed by atoms with van der Waals surface area (Å²) in [7, 11) is 0. The SMILES string of the molecule is CCOc1cc(/C=C(\C#N)C(=O)Nc2cccc(C(F)(F)F)c2)cc(Br)c1OCC(=O)Nc1ccc(C)c(C)c1. The molecule has 0 aliphatic carbocycles. The second-order valence-corrected chi connectivity index (χ2v) is 9.46. The van der Waals surface area contributed by atoms with E-state index < -0.39 is 17.6 Å². The third-order valence-corrected chi connectivity index (χ3v) is 6.18. The van der Waals surface area contributed by atoms with Crippen LogP contribution in [0.25, 0.3) is 6.08 Å². The number of nitriles is 1. The number of ether oxygens (including phenoxy) is 2. The lowest BCUT2D eigenvalue weighted by molar-refractivity contribution is -0.137. The topological polar surface area (TPSA) is 100 Å². The third kappa shape index (κ3) is 8.10. The third-order valence-electron chi connectivity index (χ3n) is 5.59. The van der Waals surface area contributed by atoms with Crippen molar-refractivity contribution < 1.29 is 32.2 Å². The first-order valence-electron chi connectivity index (χ1n) is 12.0. The Kier molecular flexibility index (Phi) is 9.96. The molecule has 40 heavy (non-hydrogen) atoms. The van der Waals surface area contributed by atoms with Crippen molar-refractivity contribution in [1.29, 1.82) is 5.26 Å². The van der Waals surface area contributed by atoms with Crippen molar-refractivity contribution in [1.82, 2.24) is 0 Å². The number of nitrogens with zero attached hydrogens (tertiary/aromatic N) is 1. The van der Waals surface area contributed by atoms with E-state index in [1.54, 1.807) is 25.1 Å². The summed E-state index contributed by atoms with van der Waals surface area (Å²) in [5, 5.41) is 14.6. The van der Waals surface area contributed by atoms with E-state index in [1.807, 2.05) is 26.0 Å². The number of halogens is 4. The molecule has 0 bridgehead atoms. The number of hydrogen-bond donors (Lipinski definition) is 2. The Bertz CT molecular complexity index is 1500. The Morgan fingerprint density at radius 3 is 2.38 bits per heavy atom. The molecule has 3 aromatic rings. The van der Waals surface area contributed by atoms with Gasteiger partial charge in [-0.2, -0.15) is 18.4 Å². The van der Waals surface area contributed by atoms with Gasteiger partial charge in [0.2, 0.25) is 0 Å². The van der Waals surface area contributed by atoms with Gasteiger partial charge in [-0.15, -0.1) is 0 Å². The average molecular weight is 616 g/mol. The smallest absolute Gasteiger partial charge is 0.416 e. The van der Waals surface area contributed by atoms with Crippen molar-refractivity contribution in [2.75, 3.05) is 23.8 Å². The number of carbonyl (C=O) groups excluding carboxylic acids is 2. The standard InChI is InChI=1S/C29H25BrF3N3O4/c1-4-39-25-13-19(11-20(15-34)28(38)36-22-7-5-6-21(14-22)29(31,32)33)12-24(30)27(25)40-16-26(37)35-23-9-8-17(2)18(3)10-23/h5-14H,4,16H2,1-3H3,(H,35,37)(H,36,38)/b20-11+. The molecule has 0 atom stereocenters. The second-order valence-electron chi connectivity index (χ2n) is 8.60. The van der Waals surface area contributed by atoms with Crippen molar-refractivity contribution in [3.8, 4) is 17.6 Å². The van der Waals surface area contributed by atoms with E-state index >= 15 is 0 Å². The van der Waals surface area contributed by atoms with Gasteiger partial charge in [-0.25, -0.2) is 0 Å². The number of aryl methyl sites for hydroxylation is 2. The van der Waals surface area contributed by atoms with Crippen molar-refractivity contribution in [2.45, 2.75) is 26.9 Å². The van der Waals surface area contributed by atoms with Crippen LogP contribution in [-0.4, -0.2) is 25.0 Å². The summed E-state index contributed by atoms with van der Waals surface area (Å²) in [4.78, 5) is 25.1. The zero-order valence-electron chi connectivity index (χ0n) is 21.8. The Morgan fingerprint density at radius 1 is 1.00 bits per heavy atom. The number of alkyl halides is 3. The minimum absolute atomic E-state index is 0.111. The predicted molar refractivity (Wildman–Crippen MR) is 149 cm³/mol. The molecular formula is C29H25BrF3N3O4. The molecule has 0 unspecified atom stereocenters. The summed E-state index contributed by atoms with van der Waals surface area (Å²) in [5.41, 5.74) is 1.74. The quantitative estimate of drug-likeness (QED) is 0.198. The molecule has 7 nitrogen and oxygen atoms in total. The van der Waals surface area contributed by atoms with Crippen LogP contribution in [0.5, 0.6) is 11.5 Å². The average Bonchev–Trinajstić information content (AvgIpc) is 2.88. The molecule has 0 saturated heterocycles. The summed E-state index contributed by atoms with van der Waals surface area (Å²) in [6.07, 6.45) is -3.33. The normalized spacial score (nSPS) is 11.4. The molecule has 0 spiro atoms. The zero-order valence-corrected chi connectivity index (χ0v) is 23.4. The number of anilines is 2. The predicted octanol–water partition coefficient (Wildman–Crippen LogP) is 7.05. The van der Waals surface area contributed by atoms with Crippen LogP contribution in [0.3, 0.4) is 0 Å². The Morgan fingerprint density at radius 2 is 1.73 bits per heavy atom. The number of amides is 2. The van der Waals surface area contributed by atoms with Gasteiger partial charge in [-0.1, -0.05) is 12.1 Å². The number of rotatable bonds is 9. The molecule has 2 amide bonds. The van der Waals surface area contributed by atoms with E-state index in [0.717, 1.165) is 29.3 Å². The summed E-state index contributed by atoms with van der Waals surface area (Å²) in [5.74, 6) is -0.794. The van der Waals surface area contributed by atoms with E-state index in [0.29, 0.717) is 15.7 Å². The van der Waals surface area contributed by atoms with Crippen LogP contribution in [0.4, 0.5) is 24.5 Å². The molecule has 0 fully saturated rings. The molecule has 0 radical (unpaired) electrons. The van der Waals surface area contributed by atoms with Gasteiger partial charge in [0.05, 0.1) is 16.6 Å². The van der Waals surface area contributed by atoms with Crippen LogP contribution in [0.2, 0.25) is 0 Å². The Labute approximate surface area is 237 Å². The highest BCUT2D eigenvalue weighted by Crippen LogP contribution is 2.38. The lowest BCUT2D eigenvalue weighted by Gasteiger charge is -2.15. The summed E-state index contributed by atoms with van der Waals surface area (Å²) < 4.78 is 50.7. The van der Waals surface area contributed by atoms with E-state index in [4.69, 9.17) is 9.47 Å². The maximum Gasteiger partial charge on any atom is 0.416 e. The fourth-order valence-corrected chi connectivity index (χ4v) is 4.09. The van der Waals surface area contributed by atoms with Crippen LogP contribution in [-0.2, 0) is 15.8 Å². The minimum Gasteiger partial charge on any atom is -0.490 e. The Balaban J connectivity index is 1.78. The van der Waals surface area contributed by atoms with E-state index in [2.05, 4.69) is 26.6 Å². The maximum atomic E-state index is 13.0. The van der Waals surface area contributed by atoms with Crippen LogP contribution in [0.1, 0.15) is 29.2 Å². The van der Waals surface area contributed by atoms with Gasteiger partial charge in [0, 0.05) is 11.4 Å². The van der Waals surface area contributed by atoms with Crippen molar-refractivity contribution >= 4 is 45.2 Å². The van der Waals surface area contributed by atoms with E-state index in [9.17, 15) is 28.0 Å². The molecule has 0 heterocycles. The molecule has 3 rings (SSSR count). The summed E-state index contributed by atoms with van der Waals surface area (Å²) >= 11 is 3.38. The molecule has 0 saturated carbocycles. The highest BCUT2D eigenvalue weighted by atomic mass is 79.9. The van der Waals surface area contributed by atoms with Crippen LogP contribution >= 0.6 is 15.9 Å². The number of nitrogens with one attached hydrogen (secondary N) is 2. The minimum atomic E-state index is -4.58. The van der Waals surface area contributed by atoms with Gasteiger partial charge in [-0.3, -0.25) is 9.59 Å².